The second kappa shape index (κ2) is 11.1. The van der Waals surface area contributed by atoms with Crippen LogP contribution in [0.15, 0.2) is 0 Å². The van der Waals surface area contributed by atoms with Crippen molar-refractivity contribution in [3.63, 3.8) is 0 Å². The van der Waals surface area contributed by atoms with E-state index in [1.54, 1.807) is 0 Å². The fourth-order valence-electron chi connectivity index (χ4n) is 0.947. The summed E-state index contributed by atoms with van der Waals surface area (Å²) in [5.74, 6) is -0.124. The molecule has 0 spiro atoms. The summed E-state index contributed by atoms with van der Waals surface area (Å²) >= 11 is 0. The number of hydrogen-bond donors (Lipinski definition) is 3. The van der Waals surface area contributed by atoms with Gasteiger partial charge in [0.25, 0.3) is 0 Å². The van der Waals surface area contributed by atoms with Crippen LogP contribution in [0.2, 0.25) is 0 Å². The van der Waals surface area contributed by atoms with E-state index < -0.39 is 0 Å². The minimum Gasteiger partial charge on any atom is -0.396 e. The Labute approximate surface area is 97.0 Å². The van der Waals surface area contributed by atoms with Gasteiger partial charge >= 0.3 is 0 Å². The number of carbonyl (C=O) groups excluding carboxylic acids is 1. The molecule has 5 heteroatoms. The standard InChI is InChI=1S/C9H18NO3.V/c1-2-9(13)10-5-3-4-8(6-11)7-12;/h8,11-12H,1-7H2,(H,10,13);/q-1;. The van der Waals surface area contributed by atoms with Gasteiger partial charge in [0.2, 0.25) is 0 Å². The maximum atomic E-state index is 10.7. The first-order valence-electron chi connectivity index (χ1n) is 4.52. The van der Waals surface area contributed by atoms with E-state index in [0.717, 1.165) is 12.8 Å². The molecule has 0 aromatic rings. The molecule has 0 aromatic heterocycles. The van der Waals surface area contributed by atoms with Crippen LogP contribution in [0.25, 0.3) is 0 Å². The number of carbonyl (C=O) groups is 1. The molecule has 0 heterocycles. The molecule has 0 unspecified atom stereocenters. The van der Waals surface area contributed by atoms with E-state index in [1.807, 2.05) is 0 Å². The van der Waals surface area contributed by atoms with Crippen LogP contribution in [-0.4, -0.2) is 35.9 Å². The van der Waals surface area contributed by atoms with Gasteiger partial charge in [0.1, 0.15) is 0 Å². The first kappa shape index (κ1) is 16.4. The SMILES string of the molecule is [CH2-]CC(=O)NCCCC(CO)CO.[V]. The van der Waals surface area contributed by atoms with Crippen LogP contribution in [0.3, 0.4) is 0 Å². The third kappa shape index (κ3) is 8.57. The average molecular weight is 239 g/mol. The van der Waals surface area contributed by atoms with E-state index in [9.17, 15) is 4.79 Å². The summed E-state index contributed by atoms with van der Waals surface area (Å²) in [6, 6.07) is 0. The average Bonchev–Trinajstić information content (AvgIpc) is 2.18. The Kier molecular flexibility index (Phi) is 13.0. The van der Waals surface area contributed by atoms with Crippen molar-refractivity contribution in [2.45, 2.75) is 19.3 Å². The number of amides is 1. The van der Waals surface area contributed by atoms with Gasteiger partial charge in [-0.3, -0.25) is 4.79 Å². The van der Waals surface area contributed by atoms with E-state index >= 15 is 0 Å². The van der Waals surface area contributed by atoms with Crippen molar-refractivity contribution < 1.29 is 33.6 Å². The van der Waals surface area contributed by atoms with Gasteiger partial charge in [-0.15, -0.1) is 6.42 Å². The predicted molar refractivity (Wildman–Crippen MR) is 49.9 cm³/mol. The number of aliphatic hydroxyl groups excluding tert-OH is 2. The molecule has 0 aliphatic heterocycles. The van der Waals surface area contributed by atoms with Gasteiger partial charge in [0, 0.05) is 44.2 Å². The van der Waals surface area contributed by atoms with Gasteiger partial charge in [-0.1, -0.05) is 0 Å². The maximum absolute atomic E-state index is 10.7. The Hall–Kier alpha value is -0.0256. The maximum Gasteiger partial charge on any atom is 0.189 e. The van der Waals surface area contributed by atoms with Crippen molar-refractivity contribution in [2.24, 2.45) is 5.92 Å². The molecule has 0 saturated carbocycles. The quantitative estimate of drug-likeness (QED) is 0.422. The first-order chi connectivity index (χ1) is 6.24. The Morgan fingerprint density at radius 1 is 1.36 bits per heavy atom. The summed E-state index contributed by atoms with van der Waals surface area (Å²) in [5.41, 5.74) is 0. The molecule has 14 heavy (non-hydrogen) atoms. The zero-order valence-corrected chi connectivity index (χ0v) is 9.67. The minimum absolute atomic E-state index is 0. The summed E-state index contributed by atoms with van der Waals surface area (Å²) in [7, 11) is 0. The number of rotatable bonds is 7. The molecule has 1 radical (unpaired) electrons. The van der Waals surface area contributed by atoms with Crippen LogP contribution in [-0.2, 0) is 23.4 Å². The molecule has 0 saturated heterocycles. The van der Waals surface area contributed by atoms with Crippen LogP contribution >= 0.6 is 0 Å². The Balaban J connectivity index is 0. The van der Waals surface area contributed by atoms with E-state index in [-0.39, 0.29) is 50.0 Å². The first-order valence-corrected chi connectivity index (χ1v) is 4.52. The predicted octanol–water partition coefficient (Wildman–Crippen LogP) is -0.295. The summed E-state index contributed by atoms with van der Waals surface area (Å²) in [4.78, 5) is 10.7. The third-order valence-electron chi connectivity index (χ3n) is 1.85. The van der Waals surface area contributed by atoms with Crippen molar-refractivity contribution in [1.82, 2.24) is 5.32 Å². The normalized spacial score (nSPS) is 9.71. The molecule has 83 valence electrons. The molecule has 3 N–H and O–H groups in total. The van der Waals surface area contributed by atoms with Crippen molar-refractivity contribution in [1.29, 1.82) is 0 Å². The monoisotopic (exact) mass is 239 g/mol. The summed E-state index contributed by atoms with van der Waals surface area (Å²) < 4.78 is 0. The van der Waals surface area contributed by atoms with Gasteiger partial charge in [0.15, 0.2) is 5.91 Å². The van der Waals surface area contributed by atoms with E-state index in [4.69, 9.17) is 10.2 Å². The smallest absolute Gasteiger partial charge is 0.189 e. The summed E-state index contributed by atoms with van der Waals surface area (Å²) in [6.45, 7) is 4.03. The second-order valence-corrected chi connectivity index (χ2v) is 2.97. The van der Waals surface area contributed by atoms with Crippen molar-refractivity contribution in [3.8, 4) is 0 Å². The molecular weight excluding hydrogens is 221 g/mol. The second-order valence-electron chi connectivity index (χ2n) is 2.97. The Morgan fingerprint density at radius 2 is 1.93 bits per heavy atom. The van der Waals surface area contributed by atoms with Crippen molar-refractivity contribution in [3.05, 3.63) is 6.92 Å². The summed E-state index contributed by atoms with van der Waals surface area (Å²) in [5, 5.41) is 20.1. The molecule has 0 rings (SSSR count). The topological polar surface area (TPSA) is 69.6 Å². The van der Waals surface area contributed by atoms with Gasteiger partial charge in [-0.25, -0.2) is 0 Å². The van der Waals surface area contributed by atoms with E-state index in [1.165, 1.54) is 0 Å². The molecular formula is C9H18NO3V-. The third-order valence-corrected chi connectivity index (χ3v) is 1.85. The van der Waals surface area contributed by atoms with Crippen LogP contribution in [0.5, 0.6) is 0 Å². The number of hydrogen-bond acceptors (Lipinski definition) is 3. The van der Waals surface area contributed by atoms with Gasteiger partial charge in [-0.05, 0) is 12.8 Å². The Morgan fingerprint density at radius 3 is 2.36 bits per heavy atom. The minimum atomic E-state index is -0.0652. The van der Waals surface area contributed by atoms with E-state index in [0.29, 0.717) is 6.54 Å². The largest absolute Gasteiger partial charge is 0.396 e. The van der Waals surface area contributed by atoms with Crippen LogP contribution < -0.4 is 5.32 Å². The van der Waals surface area contributed by atoms with Crippen LogP contribution in [0.4, 0.5) is 0 Å². The van der Waals surface area contributed by atoms with E-state index in [2.05, 4.69) is 12.2 Å². The Bertz CT molecular complexity index is 140. The zero-order valence-electron chi connectivity index (χ0n) is 8.28. The van der Waals surface area contributed by atoms with Crippen molar-refractivity contribution in [2.75, 3.05) is 19.8 Å². The number of nitrogens with one attached hydrogen (secondary N) is 1. The van der Waals surface area contributed by atoms with Crippen LogP contribution in [0, 0.1) is 12.8 Å². The van der Waals surface area contributed by atoms with Crippen molar-refractivity contribution >= 4 is 5.91 Å². The summed E-state index contributed by atoms with van der Waals surface area (Å²) in [6.07, 6.45) is 1.76. The zero-order chi connectivity index (χ0) is 10.1. The molecule has 0 aliphatic rings. The molecule has 0 bridgehead atoms. The van der Waals surface area contributed by atoms with Gasteiger partial charge in [-0.2, -0.15) is 0 Å². The molecule has 0 atom stereocenters. The molecule has 4 nitrogen and oxygen atoms in total. The molecule has 0 fully saturated rings. The molecule has 0 aliphatic carbocycles. The van der Waals surface area contributed by atoms with Gasteiger partial charge in [0.05, 0.1) is 0 Å². The fraction of sp³-hybridized carbons (Fsp3) is 0.778. The fourth-order valence-corrected chi connectivity index (χ4v) is 0.947. The molecule has 1 amide bonds. The molecule has 0 aromatic carbocycles. The number of aliphatic hydroxyl groups is 2. The van der Waals surface area contributed by atoms with Gasteiger partial charge < -0.3 is 22.5 Å². The van der Waals surface area contributed by atoms with Crippen LogP contribution in [0.1, 0.15) is 19.3 Å².